The fraction of sp³-hybridized carbons (Fsp3) is 0.250. The van der Waals surface area contributed by atoms with Crippen LogP contribution in [0.15, 0.2) is 133 Å². The molecule has 46 heavy (non-hydrogen) atoms. The van der Waals surface area contributed by atoms with Crippen LogP contribution in [0.4, 0.5) is 0 Å². The summed E-state index contributed by atoms with van der Waals surface area (Å²) in [5, 5.41) is 11.3. The molecule has 0 bridgehead atoms. The summed E-state index contributed by atoms with van der Waals surface area (Å²) >= 11 is 6.62. The number of phenolic OH excluding ortho intramolecular Hbond substituents is 1. The van der Waals surface area contributed by atoms with Crippen molar-refractivity contribution in [1.82, 2.24) is 0 Å². The second-order valence-electron chi connectivity index (χ2n) is 11.7. The summed E-state index contributed by atoms with van der Waals surface area (Å²) in [6, 6.07) is 44.2. The van der Waals surface area contributed by atoms with Gasteiger partial charge in [-0.1, -0.05) is 139 Å². The highest BCUT2D eigenvalue weighted by atomic mass is 35.5. The average Bonchev–Trinajstić information content (AvgIpc) is 3.10. The molecule has 236 valence electrons. The first-order chi connectivity index (χ1) is 22.6. The minimum atomic E-state index is -0.428. The van der Waals surface area contributed by atoms with Gasteiger partial charge in [0, 0.05) is 6.42 Å². The zero-order valence-corrected chi connectivity index (χ0v) is 26.5. The van der Waals surface area contributed by atoms with Gasteiger partial charge in [-0.15, -0.1) is 0 Å². The van der Waals surface area contributed by atoms with Crippen LogP contribution in [-0.4, -0.2) is 30.0 Å². The molecule has 6 heteroatoms. The molecule has 5 nitrogen and oxygen atoms in total. The van der Waals surface area contributed by atoms with E-state index in [0.717, 1.165) is 33.4 Å². The summed E-state index contributed by atoms with van der Waals surface area (Å²) in [6.45, 7) is 1.62. The normalized spacial score (nSPS) is 19.6. The number of phenols is 1. The predicted octanol–water partition coefficient (Wildman–Crippen LogP) is 8.85. The lowest BCUT2D eigenvalue weighted by molar-refractivity contribution is -0.222. The molecular formula is C40H39ClO5. The molecule has 4 atom stereocenters. The molecule has 0 radical (unpaired) electrons. The monoisotopic (exact) mass is 634 g/mol. The first-order valence-corrected chi connectivity index (χ1v) is 16.1. The van der Waals surface area contributed by atoms with Crippen molar-refractivity contribution in [2.75, 3.05) is 6.61 Å². The Morgan fingerprint density at radius 2 is 1.17 bits per heavy atom. The van der Waals surface area contributed by atoms with Crippen LogP contribution in [0.5, 0.6) is 5.75 Å². The van der Waals surface area contributed by atoms with Crippen molar-refractivity contribution < 1.29 is 24.1 Å². The molecule has 0 saturated carbocycles. The fourth-order valence-electron chi connectivity index (χ4n) is 5.89. The van der Waals surface area contributed by atoms with Crippen LogP contribution >= 0.6 is 11.6 Å². The minimum Gasteiger partial charge on any atom is -0.506 e. The largest absolute Gasteiger partial charge is 0.506 e. The van der Waals surface area contributed by atoms with Gasteiger partial charge < -0.3 is 24.1 Å². The van der Waals surface area contributed by atoms with E-state index in [1.54, 1.807) is 6.07 Å². The van der Waals surface area contributed by atoms with Gasteiger partial charge in [0.05, 0.1) is 43.7 Å². The van der Waals surface area contributed by atoms with E-state index in [-0.39, 0.29) is 24.1 Å². The Kier molecular flexibility index (Phi) is 11.2. The Morgan fingerprint density at radius 3 is 1.76 bits per heavy atom. The molecule has 1 N–H and O–H groups in total. The lowest BCUT2D eigenvalue weighted by atomic mass is 9.91. The third-order valence-electron chi connectivity index (χ3n) is 8.26. The highest BCUT2D eigenvalue weighted by Gasteiger charge is 2.41. The van der Waals surface area contributed by atoms with E-state index < -0.39 is 6.10 Å². The van der Waals surface area contributed by atoms with Gasteiger partial charge in [0.25, 0.3) is 0 Å². The summed E-state index contributed by atoms with van der Waals surface area (Å²) in [4.78, 5) is 0. The fourth-order valence-corrected chi connectivity index (χ4v) is 6.06. The number of benzene rings is 5. The van der Waals surface area contributed by atoms with Gasteiger partial charge >= 0.3 is 0 Å². The second-order valence-corrected chi connectivity index (χ2v) is 12.0. The molecule has 0 amide bonds. The standard InChI is InChI=1S/C40H39ClO5/c41-39-34(21-29-13-5-1-6-14-29)22-33(23-35(39)42)36-24-37(44-26-31-17-9-3-10-18-31)40(45-27-32-19-11-4-12-20-32)38(46-36)28-43-25-30-15-7-2-8-16-30/h1-20,22-23,36-38,40,42H,21,24-28H2/t36?,37?,38?,40-/m0/s1. The zero-order valence-electron chi connectivity index (χ0n) is 25.7. The van der Waals surface area contributed by atoms with Crippen LogP contribution in [0.2, 0.25) is 5.02 Å². The highest BCUT2D eigenvalue weighted by Crippen LogP contribution is 2.40. The number of halogens is 1. The van der Waals surface area contributed by atoms with Gasteiger partial charge in [-0.05, 0) is 45.9 Å². The van der Waals surface area contributed by atoms with Crippen molar-refractivity contribution in [3.8, 4) is 5.75 Å². The van der Waals surface area contributed by atoms with Crippen LogP contribution in [0, 0.1) is 0 Å². The number of aromatic hydroxyl groups is 1. The van der Waals surface area contributed by atoms with Gasteiger partial charge in [0.1, 0.15) is 18.0 Å². The van der Waals surface area contributed by atoms with Gasteiger partial charge in [0.15, 0.2) is 0 Å². The van der Waals surface area contributed by atoms with Crippen LogP contribution in [-0.2, 0) is 45.2 Å². The summed E-state index contributed by atoms with van der Waals surface area (Å²) in [6.07, 6.45) is -0.367. The summed E-state index contributed by atoms with van der Waals surface area (Å²) < 4.78 is 26.3. The lowest BCUT2D eigenvalue weighted by Gasteiger charge is -2.42. The third-order valence-corrected chi connectivity index (χ3v) is 8.70. The van der Waals surface area contributed by atoms with Crippen molar-refractivity contribution in [1.29, 1.82) is 0 Å². The molecule has 1 aliphatic rings. The van der Waals surface area contributed by atoms with Gasteiger partial charge in [-0.3, -0.25) is 0 Å². The van der Waals surface area contributed by atoms with E-state index in [2.05, 4.69) is 36.4 Å². The van der Waals surface area contributed by atoms with Gasteiger partial charge in [0.2, 0.25) is 0 Å². The van der Waals surface area contributed by atoms with E-state index in [1.807, 2.05) is 91.0 Å². The van der Waals surface area contributed by atoms with Crippen LogP contribution in [0.25, 0.3) is 0 Å². The number of rotatable bonds is 13. The molecule has 0 aliphatic carbocycles. The predicted molar refractivity (Wildman–Crippen MR) is 181 cm³/mol. The molecule has 3 unspecified atom stereocenters. The average molecular weight is 635 g/mol. The highest BCUT2D eigenvalue weighted by molar-refractivity contribution is 6.32. The molecule has 5 aromatic rings. The molecule has 6 rings (SSSR count). The Morgan fingerprint density at radius 1 is 0.652 bits per heavy atom. The Bertz CT molecular complexity index is 1630. The Labute approximate surface area is 276 Å². The van der Waals surface area contributed by atoms with Crippen molar-refractivity contribution in [3.63, 3.8) is 0 Å². The topological polar surface area (TPSA) is 57.2 Å². The molecule has 1 saturated heterocycles. The maximum atomic E-state index is 10.9. The summed E-state index contributed by atoms with van der Waals surface area (Å²) in [5.74, 6) is 0.0368. The third kappa shape index (κ3) is 8.64. The Hall–Kier alpha value is -3.97. The van der Waals surface area contributed by atoms with Crippen LogP contribution < -0.4 is 0 Å². The molecule has 0 spiro atoms. The van der Waals surface area contributed by atoms with E-state index in [0.29, 0.717) is 44.3 Å². The smallest absolute Gasteiger partial charge is 0.134 e. The first-order valence-electron chi connectivity index (χ1n) is 15.8. The van der Waals surface area contributed by atoms with Gasteiger partial charge in [-0.25, -0.2) is 0 Å². The number of hydrogen-bond acceptors (Lipinski definition) is 5. The van der Waals surface area contributed by atoms with E-state index >= 15 is 0 Å². The van der Waals surface area contributed by atoms with Gasteiger partial charge in [-0.2, -0.15) is 0 Å². The van der Waals surface area contributed by atoms with Crippen molar-refractivity contribution in [3.05, 3.63) is 172 Å². The Balaban J connectivity index is 1.28. The van der Waals surface area contributed by atoms with Crippen LogP contribution in [0.1, 0.15) is 45.9 Å². The quantitative estimate of drug-likeness (QED) is 0.140. The van der Waals surface area contributed by atoms with E-state index in [4.69, 9.17) is 30.5 Å². The number of hydrogen-bond donors (Lipinski definition) is 1. The SMILES string of the molecule is Oc1cc(C2CC(OCc3ccccc3)[C@H](OCc3ccccc3)C(COCc3ccccc3)O2)cc(Cc2ccccc2)c1Cl. The molecule has 0 aromatic heterocycles. The zero-order chi connectivity index (χ0) is 31.6. The summed E-state index contributed by atoms with van der Waals surface area (Å²) in [5.41, 5.74) is 6.03. The van der Waals surface area contributed by atoms with Crippen molar-refractivity contribution >= 4 is 11.6 Å². The van der Waals surface area contributed by atoms with Crippen LogP contribution in [0.3, 0.4) is 0 Å². The maximum absolute atomic E-state index is 10.9. The maximum Gasteiger partial charge on any atom is 0.134 e. The summed E-state index contributed by atoms with van der Waals surface area (Å²) in [7, 11) is 0. The molecule has 5 aromatic carbocycles. The minimum absolute atomic E-state index is 0.0368. The van der Waals surface area contributed by atoms with E-state index in [9.17, 15) is 5.11 Å². The molecule has 1 aliphatic heterocycles. The van der Waals surface area contributed by atoms with Crippen molar-refractivity contribution in [2.45, 2.75) is 57.1 Å². The second kappa shape index (κ2) is 16.0. The first kappa shape index (κ1) is 32.0. The number of ether oxygens (including phenoxy) is 4. The lowest BCUT2D eigenvalue weighted by Crippen LogP contribution is -2.50. The molecule has 1 fully saturated rings. The van der Waals surface area contributed by atoms with E-state index in [1.165, 1.54) is 0 Å². The molecular weight excluding hydrogens is 596 g/mol. The van der Waals surface area contributed by atoms with Crippen molar-refractivity contribution in [2.24, 2.45) is 0 Å². The molecule has 1 heterocycles.